The van der Waals surface area contributed by atoms with Crippen LogP contribution in [0.3, 0.4) is 0 Å². The predicted octanol–water partition coefficient (Wildman–Crippen LogP) is 1.09. The number of benzene rings is 1. The van der Waals surface area contributed by atoms with E-state index in [0.29, 0.717) is 18.8 Å². The Morgan fingerprint density at radius 1 is 1.38 bits per heavy atom. The molecule has 0 atom stereocenters. The Hall–Kier alpha value is -0.930. The smallest absolute Gasteiger partial charge is 0.127 e. The minimum atomic E-state index is -0.495. The Bertz CT molecular complexity index is 302. The van der Waals surface area contributed by atoms with Crippen LogP contribution < -0.4 is 0 Å². The van der Waals surface area contributed by atoms with Gasteiger partial charge in [-0.15, -0.1) is 0 Å². The van der Waals surface area contributed by atoms with Gasteiger partial charge in [0, 0.05) is 5.56 Å². The number of aliphatic hydroxyl groups excluding tert-OH is 1. The normalized spacial score (nSPS) is 19.5. The molecule has 1 saturated heterocycles. The van der Waals surface area contributed by atoms with E-state index in [-0.39, 0.29) is 12.4 Å². The van der Waals surface area contributed by atoms with Gasteiger partial charge < -0.3 is 9.84 Å². The van der Waals surface area contributed by atoms with Crippen LogP contribution in [-0.2, 0) is 10.2 Å². The van der Waals surface area contributed by atoms with Crippen molar-refractivity contribution in [1.29, 1.82) is 0 Å². The fraction of sp³-hybridized carbons (Fsp3) is 0.400. The third-order valence-corrected chi connectivity index (χ3v) is 2.50. The molecule has 2 rings (SSSR count). The molecule has 0 unspecified atom stereocenters. The molecule has 0 amide bonds. The standard InChI is InChI=1S/C10H11FO2/c11-9-4-2-1-3-8(9)10(5-12)6-13-7-10/h1-4,12H,5-7H2. The second-order valence-electron chi connectivity index (χ2n) is 3.41. The number of ether oxygens (including phenoxy) is 1. The Morgan fingerprint density at radius 2 is 2.08 bits per heavy atom. The molecule has 1 heterocycles. The monoisotopic (exact) mass is 182 g/mol. The summed E-state index contributed by atoms with van der Waals surface area (Å²) in [6, 6.07) is 6.52. The first-order valence-corrected chi connectivity index (χ1v) is 4.22. The molecule has 0 aliphatic carbocycles. The predicted molar refractivity (Wildman–Crippen MR) is 46.0 cm³/mol. The molecule has 0 radical (unpaired) electrons. The third kappa shape index (κ3) is 1.24. The summed E-state index contributed by atoms with van der Waals surface area (Å²) in [6.07, 6.45) is 0. The van der Waals surface area contributed by atoms with Gasteiger partial charge in [-0.25, -0.2) is 4.39 Å². The van der Waals surface area contributed by atoms with Crippen LogP contribution >= 0.6 is 0 Å². The average Bonchev–Trinajstić information content (AvgIpc) is 2.07. The van der Waals surface area contributed by atoms with Gasteiger partial charge in [0.15, 0.2) is 0 Å². The number of aliphatic hydroxyl groups is 1. The van der Waals surface area contributed by atoms with Crippen molar-refractivity contribution < 1.29 is 14.2 Å². The van der Waals surface area contributed by atoms with Crippen LogP contribution in [0.1, 0.15) is 5.56 Å². The lowest BCUT2D eigenvalue weighted by atomic mass is 9.79. The summed E-state index contributed by atoms with van der Waals surface area (Å²) in [7, 11) is 0. The molecule has 3 heteroatoms. The van der Waals surface area contributed by atoms with Gasteiger partial charge in [-0.3, -0.25) is 0 Å². The lowest BCUT2D eigenvalue weighted by Gasteiger charge is -2.40. The van der Waals surface area contributed by atoms with E-state index in [1.807, 2.05) is 0 Å². The fourth-order valence-electron chi connectivity index (χ4n) is 1.57. The highest BCUT2D eigenvalue weighted by molar-refractivity contribution is 5.29. The van der Waals surface area contributed by atoms with E-state index in [0.717, 1.165) is 0 Å². The maximum Gasteiger partial charge on any atom is 0.127 e. The summed E-state index contributed by atoms with van der Waals surface area (Å²) in [5.41, 5.74) is 0.0643. The van der Waals surface area contributed by atoms with E-state index < -0.39 is 5.41 Å². The van der Waals surface area contributed by atoms with Gasteiger partial charge in [0.1, 0.15) is 5.82 Å². The van der Waals surface area contributed by atoms with Crippen molar-refractivity contribution in [2.24, 2.45) is 0 Å². The number of hydrogen-bond donors (Lipinski definition) is 1. The van der Waals surface area contributed by atoms with E-state index in [1.165, 1.54) is 6.07 Å². The Morgan fingerprint density at radius 3 is 2.54 bits per heavy atom. The van der Waals surface area contributed by atoms with Crippen molar-refractivity contribution in [3.8, 4) is 0 Å². The van der Waals surface area contributed by atoms with Crippen LogP contribution in [0, 0.1) is 5.82 Å². The van der Waals surface area contributed by atoms with Crippen molar-refractivity contribution in [3.63, 3.8) is 0 Å². The van der Waals surface area contributed by atoms with E-state index in [1.54, 1.807) is 18.2 Å². The quantitative estimate of drug-likeness (QED) is 0.741. The molecule has 1 aromatic carbocycles. The van der Waals surface area contributed by atoms with Crippen LogP contribution in [0.4, 0.5) is 4.39 Å². The molecule has 1 N–H and O–H groups in total. The zero-order valence-electron chi connectivity index (χ0n) is 7.16. The SMILES string of the molecule is OCC1(c2ccccc2F)COC1. The summed E-state index contributed by atoms with van der Waals surface area (Å²) in [5.74, 6) is -0.264. The molecule has 0 spiro atoms. The van der Waals surface area contributed by atoms with Gasteiger partial charge in [0.05, 0.1) is 25.2 Å². The summed E-state index contributed by atoms with van der Waals surface area (Å²) >= 11 is 0. The second kappa shape index (κ2) is 3.09. The van der Waals surface area contributed by atoms with Crippen LogP contribution in [-0.4, -0.2) is 24.9 Å². The van der Waals surface area contributed by atoms with E-state index >= 15 is 0 Å². The lowest BCUT2D eigenvalue weighted by molar-refractivity contribution is -0.0856. The maximum absolute atomic E-state index is 13.3. The topological polar surface area (TPSA) is 29.5 Å². The largest absolute Gasteiger partial charge is 0.395 e. The first kappa shape index (κ1) is 8.66. The first-order valence-electron chi connectivity index (χ1n) is 4.22. The lowest BCUT2D eigenvalue weighted by Crippen LogP contribution is -2.50. The Balaban J connectivity index is 2.38. The molecule has 1 aromatic rings. The molecule has 1 aliphatic heterocycles. The highest BCUT2D eigenvalue weighted by atomic mass is 19.1. The average molecular weight is 182 g/mol. The summed E-state index contributed by atoms with van der Waals surface area (Å²) in [4.78, 5) is 0. The van der Waals surface area contributed by atoms with Gasteiger partial charge in [0.2, 0.25) is 0 Å². The fourth-order valence-corrected chi connectivity index (χ4v) is 1.57. The zero-order valence-corrected chi connectivity index (χ0v) is 7.16. The van der Waals surface area contributed by atoms with E-state index in [9.17, 15) is 4.39 Å². The molecule has 0 saturated carbocycles. The van der Waals surface area contributed by atoms with E-state index in [2.05, 4.69) is 0 Å². The highest BCUT2D eigenvalue weighted by Gasteiger charge is 2.41. The van der Waals surface area contributed by atoms with Crippen molar-refractivity contribution in [2.45, 2.75) is 5.41 Å². The molecule has 0 aromatic heterocycles. The molecular weight excluding hydrogens is 171 g/mol. The van der Waals surface area contributed by atoms with Crippen LogP contribution in [0.25, 0.3) is 0 Å². The van der Waals surface area contributed by atoms with Crippen molar-refractivity contribution in [2.75, 3.05) is 19.8 Å². The molecule has 2 nitrogen and oxygen atoms in total. The van der Waals surface area contributed by atoms with Gasteiger partial charge in [-0.05, 0) is 6.07 Å². The minimum absolute atomic E-state index is 0.0616. The van der Waals surface area contributed by atoms with Crippen LogP contribution in [0.15, 0.2) is 24.3 Å². The van der Waals surface area contributed by atoms with Gasteiger partial charge in [-0.2, -0.15) is 0 Å². The molecule has 1 fully saturated rings. The van der Waals surface area contributed by atoms with Gasteiger partial charge >= 0.3 is 0 Å². The van der Waals surface area contributed by atoms with E-state index in [4.69, 9.17) is 9.84 Å². The summed E-state index contributed by atoms with van der Waals surface area (Å²) in [5, 5.41) is 9.17. The number of halogens is 1. The summed E-state index contributed by atoms with van der Waals surface area (Å²) < 4.78 is 18.3. The van der Waals surface area contributed by atoms with Crippen LogP contribution in [0.5, 0.6) is 0 Å². The number of hydrogen-bond acceptors (Lipinski definition) is 2. The second-order valence-corrected chi connectivity index (χ2v) is 3.41. The Labute approximate surface area is 76.0 Å². The minimum Gasteiger partial charge on any atom is -0.395 e. The third-order valence-electron chi connectivity index (χ3n) is 2.50. The molecule has 13 heavy (non-hydrogen) atoms. The first-order chi connectivity index (χ1) is 6.28. The van der Waals surface area contributed by atoms with Crippen LogP contribution in [0.2, 0.25) is 0 Å². The molecule has 1 aliphatic rings. The Kier molecular flexibility index (Phi) is 2.06. The molecule has 0 bridgehead atoms. The molecular formula is C10H11FO2. The van der Waals surface area contributed by atoms with Crippen molar-refractivity contribution in [3.05, 3.63) is 35.6 Å². The van der Waals surface area contributed by atoms with Gasteiger partial charge in [0.25, 0.3) is 0 Å². The van der Waals surface area contributed by atoms with Crippen molar-refractivity contribution >= 4 is 0 Å². The summed E-state index contributed by atoms with van der Waals surface area (Å²) in [6.45, 7) is 0.753. The molecule has 70 valence electrons. The number of rotatable bonds is 2. The highest BCUT2D eigenvalue weighted by Crippen LogP contribution is 2.33. The zero-order chi connectivity index (χ0) is 9.31. The maximum atomic E-state index is 13.3. The van der Waals surface area contributed by atoms with Crippen molar-refractivity contribution in [1.82, 2.24) is 0 Å². The van der Waals surface area contributed by atoms with Gasteiger partial charge in [-0.1, -0.05) is 18.2 Å².